The third kappa shape index (κ3) is 4.99. The lowest BCUT2D eigenvalue weighted by Crippen LogP contribution is -2.27. The Labute approximate surface area is 144 Å². The van der Waals surface area contributed by atoms with Gasteiger partial charge in [0.1, 0.15) is 5.76 Å². The average molecular weight is 374 g/mol. The van der Waals surface area contributed by atoms with Crippen LogP contribution in [0.1, 0.15) is 11.3 Å². The molecule has 0 spiro atoms. The number of nitro groups is 1. The Bertz CT molecular complexity index is 763. The first-order valence-electron chi connectivity index (χ1n) is 6.93. The number of benzene rings is 1. The Kier molecular flexibility index (Phi) is 5.73. The molecule has 1 heterocycles. The van der Waals surface area contributed by atoms with Gasteiger partial charge in [-0.05, 0) is 24.3 Å². The summed E-state index contributed by atoms with van der Waals surface area (Å²) in [6.07, 6.45) is -3.21. The summed E-state index contributed by atoms with van der Waals surface area (Å²) in [5.74, 6) is 0.0839. The minimum Gasteiger partial charge on any atom is -0.467 e. The van der Waals surface area contributed by atoms with E-state index < -0.39 is 22.4 Å². The molecular formula is C15H13F3N2O4S. The number of nitrogens with zero attached hydrogens (tertiary/aromatic N) is 2. The molecule has 0 saturated heterocycles. The Morgan fingerprint density at radius 2 is 2.08 bits per heavy atom. The SMILES string of the molecule is CN(Cc1ccco1)C(=O)CSc1ccc(C(F)(F)F)cc1[N+](=O)[O-]. The minimum absolute atomic E-state index is 0.00208. The van der Waals surface area contributed by atoms with Gasteiger partial charge in [0.05, 0.1) is 33.9 Å². The molecule has 0 saturated carbocycles. The number of halogens is 3. The van der Waals surface area contributed by atoms with Crippen molar-refractivity contribution in [3.05, 3.63) is 58.0 Å². The van der Waals surface area contributed by atoms with E-state index in [1.165, 1.54) is 18.2 Å². The number of rotatable bonds is 6. The highest BCUT2D eigenvalue weighted by Gasteiger charge is 2.33. The van der Waals surface area contributed by atoms with Gasteiger partial charge >= 0.3 is 6.18 Å². The first-order valence-corrected chi connectivity index (χ1v) is 7.92. The van der Waals surface area contributed by atoms with Gasteiger partial charge in [0, 0.05) is 13.1 Å². The van der Waals surface area contributed by atoms with Crippen molar-refractivity contribution >= 4 is 23.4 Å². The van der Waals surface area contributed by atoms with Crippen LogP contribution >= 0.6 is 11.8 Å². The summed E-state index contributed by atoms with van der Waals surface area (Å²) in [5.41, 5.74) is -1.79. The van der Waals surface area contributed by atoms with E-state index in [2.05, 4.69) is 0 Å². The van der Waals surface area contributed by atoms with Crippen LogP contribution in [-0.4, -0.2) is 28.5 Å². The van der Waals surface area contributed by atoms with Gasteiger partial charge in [0.15, 0.2) is 0 Å². The molecule has 1 amide bonds. The van der Waals surface area contributed by atoms with Gasteiger partial charge in [-0.15, -0.1) is 11.8 Å². The molecule has 134 valence electrons. The first kappa shape index (κ1) is 18.8. The molecule has 6 nitrogen and oxygen atoms in total. The number of nitro benzene ring substituents is 1. The predicted octanol–water partition coefficient (Wildman–Crippen LogP) is 3.96. The Morgan fingerprint density at radius 3 is 2.64 bits per heavy atom. The van der Waals surface area contributed by atoms with E-state index in [9.17, 15) is 28.1 Å². The maximum atomic E-state index is 12.7. The van der Waals surface area contributed by atoms with Crippen LogP contribution in [0.4, 0.5) is 18.9 Å². The number of thioether (sulfide) groups is 1. The summed E-state index contributed by atoms with van der Waals surface area (Å²) in [6, 6.07) is 5.60. The zero-order chi connectivity index (χ0) is 18.6. The molecule has 0 N–H and O–H groups in total. The molecule has 1 aromatic heterocycles. The second-order valence-electron chi connectivity index (χ2n) is 5.06. The molecule has 0 radical (unpaired) electrons. The molecule has 0 aliphatic carbocycles. The quantitative estimate of drug-likeness (QED) is 0.435. The van der Waals surface area contributed by atoms with E-state index in [0.29, 0.717) is 11.8 Å². The first-order chi connectivity index (χ1) is 11.7. The lowest BCUT2D eigenvalue weighted by atomic mass is 10.2. The van der Waals surface area contributed by atoms with Crippen molar-refractivity contribution in [1.82, 2.24) is 4.90 Å². The van der Waals surface area contributed by atoms with Crippen molar-refractivity contribution in [1.29, 1.82) is 0 Å². The van der Waals surface area contributed by atoms with Crippen molar-refractivity contribution in [3.8, 4) is 0 Å². The Morgan fingerprint density at radius 1 is 1.36 bits per heavy atom. The van der Waals surface area contributed by atoms with Crippen LogP contribution in [-0.2, 0) is 17.5 Å². The van der Waals surface area contributed by atoms with E-state index >= 15 is 0 Å². The molecule has 0 aliphatic heterocycles. The summed E-state index contributed by atoms with van der Waals surface area (Å²) in [4.78, 5) is 23.5. The van der Waals surface area contributed by atoms with Gasteiger partial charge < -0.3 is 9.32 Å². The molecule has 0 bridgehead atoms. The summed E-state index contributed by atoms with van der Waals surface area (Å²) in [5, 5.41) is 11.0. The highest BCUT2D eigenvalue weighted by Crippen LogP contribution is 2.36. The van der Waals surface area contributed by atoms with E-state index in [0.717, 1.165) is 23.9 Å². The van der Waals surface area contributed by atoms with Crippen LogP contribution < -0.4 is 0 Å². The van der Waals surface area contributed by atoms with E-state index in [1.807, 2.05) is 0 Å². The largest absolute Gasteiger partial charge is 0.467 e. The van der Waals surface area contributed by atoms with Gasteiger partial charge in [0.25, 0.3) is 5.69 Å². The standard InChI is InChI=1S/C15H13F3N2O4S/c1-19(8-11-3-2-6-24-11)14(21)9-25-13-5-4-10(15(16,17)18)7-12(13)20(22)23/h2-7H,8-9H2,1H3. The molecule has 0 aliphatic rings. The van der Waals surface area contributed by atoms with E-state index in [-0.39, 0.29) is 23.1 Å². The number of alkyl halides is 3. The van der Waals surface area contributed by atoms with Crippen LogP contribution in [0.5, 0.6) is 0 Å². The smallest absolute Gasteiger partial charge is 0.416 e. The third-order valence-corrected chi connectivity index (χ3v) is 4.28. The molecule has 0 atom stereocenters. The summed E-state index contributed by atoms with van der Waals surface area (Å²) < 4.78 is 43.1. The van der Waals surface area contributed by atoms with Crippen molar-refractivity contribution in [2.75, 3.05) is 12.8 Å². The zero-order valence-electron chi connectivity index (χ0n) is 12.9. The van der Waals surface area contributed by atoms with Crippen LogP contribution in [0.25, 0.3) is 0 Å². The summed E-state index contributed by atoms with van der Waals surface area (Å²) in [6.45, 7) is 0.224. The normalized spacial score (nSPS) is 11.4. The second kappa shape index (κ2) is 7.60. The molecule has 2 rings (SSSR count). The fourth-order valence-electron chi connectivity index (χ4n) is 1.93. The van der Waals surface area contributed by atoms with Crippen molar-refractivity contribution in [2.24, 2.45) is 0 Å². The maximum Gasteiger partial charge on any atom is 0.416 e. The summed E-state index contributed by atoms with van der Waals surface area (Å²) >= 11 is 0.813. The van der Waals surface area contributed by atoms with Crippen LogP contribution in [0.2, 0.25) is 0 Å². The zero-order valence-corrected chi connectivity index (χ0v) is 13.8. The van der Waals surface area contributed by atoms with Crippen LogP contribution in [0.3, 0.4) is 0 Å². The van der Waals surface area contributed by atoms with Gasteiger partial charge in [-0.1, -0.05) is 0 Å². The number of carbonyl (C=O) groups excluding carboxylic acids is 1. The van der Waals surface area contributed by atoms with Gasteiger partial charge in [-0.25, -0.2) is 0 Å². The Hall–Kier alpha value is -2.49. The van der Waals surface area contributed by atoms with Gasteiger partial charge in [-0.2, -0.15) is 13.2 Å². The molecule has 10 heteroatoms. The highest BCUT2D eigenvalue weighted by atomic mass is 32.2. The van der Waals surface area contributed by atoms with Crippen LogP contribution in [0, 0.1) is 10.1 Å². The number of carbonyl (C=O) groups is 1. The lowest BCUT2D eigenvalue weighted by molar-refractivity contribution is -0.388. The molecule has 1 aromatic carbocycles. The predicted molar refractivity (Wildman–Crippen MR) is 84.0 cm³/mol. The van der Waals surface area contributed by atoms with Crippen molar-refractivity contribution in [3.63, 3.8) is 0 Å². The van der Waals surface area contributed by atoms with Gasteiger partial charge in [-0.3, -0.25) is 14.9 Å². The summed E-state index contributed by atoms with van der Waals surface area (Å²) in [7, 11) is 1.53. The third-order valence-electron chi connectivity index (χ3n) is 3.23. The molecule has 0 unspecified atom stereocenters. The molecular weight excluding hydrogens is 361 g/mol. The van der Waals surface area contributed by atoms with Crippen molar-refractivity contribution in [2.45, 2.75) is 17.6 Å². The fourth-order valence-corrected chi connectivity index (χ4v) is 2.88. The minimum atomic E-state index is -4.67. The van der Waals surface area contributed by atoms with E-state index in [4.69, 9.17) is 4.42 Å². The highest BCUT2D eigenvalue weighted by molar-refractivity contribution is 8.00. The lowest BCUT2D eigenvalue weighted by Gasteiger charge is -2.15. The number of furan rings is 1. The average Bonchev–Trinajstić information content (AvgIpc) is 3.04. The maximum absolute atomic E-state index is 12.7. The van der Waals surface area contributed by atoms with Crippen molar-refractivity contribution < 1.29 is 27.3 Å². The Balaban J connectivity index is 2.06. The van der Waals surface area contributed by atoms with E-state index in [1.54, 1.807) is 12.1 Å². The molecule has 2 aromatic rings. The fraction of sp³-hybridized carbons (Fsp3) is 0.267. The monoisotopic (exact) mass is 374 g/mol. The van der Waals surface area contributed by atoms with Gasteiger partial charge in [0.2, 0.25) is 5.91 Å². The molecule has 25 heavy (non-hydrogen) atoms. The van der Waals surface area contributed by atoms with Crippen LogP contribution in [0.15, 0.2) is 45.9 Å². The second-order valence-corrected chi connectivity index (χ2v) is 6.07. The molecule has 0 fully saturated rings. The number of hydrogen-bond acceptors (Lipinski definition) is 5. The number of amides is 1. The topological polar surface area (TPSA) is 76.6 Å². The number of hydrogen-bond donors (Lipinski definition) is 0.